The molecule has 0 aromatic heterocycles. The highest BCUT2D eigenvalue weighted by atomic mass is 35.5. The molecular weight excluding hydrogens is 205 g/mol. The number of benzene rings is 1. The van der Waals surface area contributed by atoms with E-state index in [2.05, 4.69) is 0 Å². The minimum atomic E-state index is -0.422. The first-order valence-electron chi connectivity index (χ1n) is 4.25. The molecule has 1 rings (SSSR count). The van der Waals surface area contributed by atoms with Crippen LogP contribution < -0.4 is 5.73 Å². The Morgan fingerprint density at radius 1 is 1.57 bits per heavy atom. The molecule has 0 saturated carbocycles. The van der Waals surface area contributed by atoms with E-state index in [4.69, 9.17) is 17.3 Å². The Balaban J connectivity index is 3.09. The molecule has 1 aromatic rings. The molecule has 0 fully saturated rings. The second kappa shape index (κ2) is 4.53. The molecular formula is C10H11ClFNO. The average Bonchev–Trinajstić information content (AvgIpc) is 2.11. The predicted octanol–water partition coefficient (Wildman–Crippen LogP) is 2.32. The highest BCUT2D eigenvalue weighted by Gasteiger charge is 2.12. The van der Waals surface area contributed by atoms with Gasteiger partial charge >= 0.3 is 0 Å². The summed E-state index contributed by atoms with van der Waals surface area (Å²) in [7, 11) is 0. The summed E-state index contributed by atoms with van der Waals surface area (Å²) in [6, 6.07) is 2.61. The van der Waals surface area contributed by atoms with E-state index < -0.39 is 5.82 Å². The van der Waals surface area contributed by atoms with E-state index in [0.29, 0.717) is 5.56 Å². The summed E-state index contributed by atoms with van der Waals surface area (Å²) >= 11 is 5.80. The van der Waals surface area contributed by atoms with Crippen LogP contribution >= 0.6 is 11.6 Å². The van der Waals surface area contributed by atoms with Crippen LogP contribution in [-0.2, 0) is 0 Å². The zero-order valence-corrected chi connectivity index (χ0v) is 8.57. The number of Topliss-reactive ketones (excluding diaryl/α,β-unsaturated/α-hetero) is 1. The summed E-state index contributed by atoms with van der Waals surface area (Å²) in [5.41, 5.74) is 5.87. The van der Waals surface area contributed by atoms with Gasteiger partial charge in [-0.1, -0.05) is 11.6 Å². The monoisotopic (exact) mass is 215 g/mol. The maximum Gasteiger partial charge on any atom is 0.165 e. The van der Waals surface area contributed by atoms with Crippen LogP contribution in [0.5, 0.6) is 0 Å². The van der Waals surface area contributed by atoms with Crippen molar-refractivity contribution in [3.05, 3.63) is 34.1 Å². The number of carbonyl (C=O) groups is 1. The molecule has 1 aromatic carbocycles. The van der Waals surface area contributed by atoms with Crippen molar-refractivity contribution in [1.29, 1.82) is 0 Å². The van der Waals surface area contributed by atoms with Crippen LogP contribution in [-0.4, -0.2) is 12.3 Å². The molecule has 0 saturated heterocycles. The molecule has 0 unspecified atom stereocenters. The lowest BCUT2D eigenvalue weighted by Crippen LogP contribution is -2.09. The smallest absolute Gasteiger partial charge is 0.165 e. The number of carbonyl (C=O) groups excluding carboxylic acids is 1. The predicted molar refractivity (Wildman–Crippen MR) is 54.1 cm³/mol. The van der Waals surface area contributed by atoms with Crippen LogP contribution in [0.1, 0.15) is 22.3 Å². The number of aryl methyl sites for hydroxylation is 1. The van der Waals surface area contributed by atoms with Crippen molar-refractivity contribution in [3.63, 3.8) is 0 Å². The van der Waals surface area contributed by atoms with Gasteiger partial charge in [0.25, 0.3) is 0 Å². The molecule has 0 aliphatic heterocycles. The lowest BCUT2D eigenvalue weighted by atomic mass is 10.1. The molecule has 0 spiro atoms. The normalized spacial score (nSPS) is 10.3. The molecule has 76 valence electrons. The molecule has 0 radical (unpaired) electrons. The number of hydrogen-bond donors (Lipinski definition) is 1. The molecule has 2 nitrogen and oxygen atoms in total. The standard InChI is InChI=1S/C10H11ClFNO/c1-6-4-8(11)7(5-9(6)12)10(14)2-3-13/h4-5H,2-3,13H2,1H3. The van der Waals surface area contributed by atoms with Crippen LogP contribution in [0.15, 0.2) is 12.1 Å². The van der Waals surface area contributed by atoms with Crippen LogP contribution in [0, 0.1) is 12.7 Å². The first-order chi connectivity index (χ1) is 6.56. The molecule has 0 heterocycles. The van der Waals surface area contributed by atoms with Gasteiger partial charge in [0.2, 0.25) is 0 Å². The van der Waals surface area contributed by atoms with Crippen LogP contribution in [0.4, 0.5) is 4.39 Å². The first-order valence-corrected chi connectivity index (χ1v) is 4.63. The van der Waals surface area contributed by atoms with E-state index in [1.807, 2.05) is 0 Å². The molecule has 0 atom stereocenters. The lowest BCUT2D eigenvalue weighted by molar-refractivity contribution is 0.0985. The van der Waals surface area contributed by atoms with Gasteiger partial charge in [-0.05, 0) is 31.2 Å². The maximum atomic E-state index is 13.1. The van der Waals surface area contributed by atoms with Crippen molar-refractivity contribution in [3.8, 4) is 0 Å². The summed E-state index contributed by atoms with van der Waals surface area (Å²) in [5.74, 6) is -0.647. The second-order valence-electron chi connectivity index (χ2n) is 3.04. The summed E-state index contributed by atoms with van der Waals surface area (Å²) < 4.78 is 13.1. The van der Waals surface area contributed by atoms with E-state index in [1.54, 1.807) is 6.92 Å². The minimum absolute atomic E-state index is 0.183. The molecule has 0 aliphatic carbocycles. The van der Waals surface area contributed by atoms with Crippen molar-refractivity contribution in [2.45, 2.75) is 13.3 Å². The first kappa shape index (κ1) is 11.1. The van der Waals surface area contributed by atoms with E-state index in [-0.39, 0.29) is 29.3 Å². The van der Waals surface area contributed by atoms with Gasteiger partial charge in [-0.25, -0.2) is 4.39 Å². The number of rotatable bonds is 3. The number of nitrogens with two attached hydrogens (primary N) is 1. The van der Waals surface area contributed by atoms with Crippen LogP contribution in [0.3, 0.4) is 0 Å². The molecule has 2 N–H and O–H groups in total. The Morgan fingerprint density at radius 2 is 2.21 bits per heavy atom. The van der Waals surface area contributed by atoms with Gasteiger partial charge in [0.05, 0.1) is 5.02 Å². The lowest BCUT2D eigenvalue weighted by Gasteiger charge is -2.04. The number of ketones is 1. The SMILES string of the molecule is Cc1cc(Cl)c(C(=O)CCN)cc1F. The third-order valence-electron chi connectivity index (χ3n) is 1.92. The highest BCUT2D eigenvalue weighted by Crippen LogP contribution is 2.21. The van der Waals surface area contributed by atoms with E-state index in [9.17, 15) is 9.18 Å². The summed E-state index contributed by atoms with van der Waals surface area (Å²) in [5, 5.41) is 0.280. The largest absolute Gasteiger partial charge is 0.330 e. The van der Waals surface area contributed by atoms with Crippen molar-refractivity contribution >= 4 is 17.4 Å². The zero-order valence-electron chi connectivity index (χ0n) is 7.81. The van der Waals surface area contributed by atoms with Gasteiger partial charge in [-0.2, -0.15) is 0 Å². The van der Waals surface area contributed by atoms with Gasteiger partial charge in [0, 0.05) is 12.0 Å². The average molecular weight is 216 g/mol. The fraction of sp³-hybridized carbons (Fsp3) is 0.300. The Kier molecular flexibility index (Phi) is 3.61. The summed E-state index contributed by atoms with van der Waals surface area (Å²) in [6.45, 7) is 1.84. The Bertz CT molecular complexity index is 365. The van der Waals surface area contributed by atoms with Crippen LogP contribution in [0.2, 0.25) is 5.02 Å². The molecule has 14 heavy (non-hydrogen) atoms. The topological polar surface area (TPSA) is 43.1 Å². The van der Waals surface area contributed by atoms with Crippen molar-refractivity contribution < 1.29 is 9.18 Å². The van der Waals surface area contributed by atoms with Gasteiger partial charge in [0.1, 0.15) is 5.82 Å². The summed E-state index contributed by atoms with van der Waals surface area (Å²) in [6.07, 6.45) is 0.183. The van der Waals surface area contributed by atoms with Crippen molar-refractivity contribution in [2.24, 2.45) is 5.73 Å². The van der Waals surface area contributed by atoms with E-state index in [1.165, 1.54) is 6.07 Å². The molecule has 0 bridgehead atoms. The Labute approximate surface area is 86.9 Å². The number of halogens is 2. The van der Waals surface area contributed by atoms with E-state index >= 15 is 0 Å². The van der Waals surface area contributed by atoms with Gasteiger partial charge in [-0.3, -0.25) is 4.79 Å². The third kappa shape index (κ3) is 2.30. The zero-order chi connectivity index (χ0) is 10.7. The Morgan fingerprint density at radius 3 is 2.79 bits per heavy atom. The molecule has 0 aliphatic rings. The number of hydrogen-bond acceptors (Lipinski definition) is 2. The highest BCUT2D eigenvalue weighted by molar-refractivity contribution is 6.34. The molecule has 4 heteroatoms. The maximum absolute atomic E-state index is 13.1. The van der Waals surface area contributed by atoms with Gasteiger partial charge < -0.3 is 5.73 Å². The van der Waals surface area contributed by atoms with E-state index in [0.717, 1.165) is 6.07 Å². The second-order valence-corrected chi connectivity index (χ2v) is 3.45. The van der Waals surface area contributed by atoms with Crippen molar-refractivity contribution in [2.75, 3.05) is 6.54 Å². The van der Waals surface area contributed by atoms with Gasteiger partial charge in [-0.15, -0.1) is 0 Å². The fourth-order valence-electron chi connectivity index (χ4n) is 1.13. The van der Waals surface area contributed by atoms with Crippen molar-refractivity contribution in [1.82, 2.24) is 0 Å². The summed E-state index contributed by atoms with van der Waals surface area (Å²) in [4.78, 5) is 11.4. The third-order valence-corrected chi connectivity index (χ3v) is 2.23. The quantitative estimate of drug-likeness (QED) is 0.787. The molecule has 0 amide bonds. The minimum Gasteiger partial charge on any atom is -0.330 e. The van der Waals surface area contributed by atoms with Gasteiger partial charge in [0.15, 0.2) is 5.78 Å². The Hall–Kier alpha value is -0.930. The van der Waals surface area contributed by atoms with Crippen LogP contribution in [0.25, 0.3) is 0 Å². The fourth-order valence-corrected chi connectivity index (χ4v) is 1.45.